The third-order valence-electron chi connectivity index (χ3n) is 11.7. The van der Waals surface area contributed by atoms with Crippen LogP contribution in [0.1, 0.15) is 68.0 Å². The van der Waals surface area contributed by atoms with Crippen LogP contribution in [0.2, 0.25) is 0 Å². The van der Waals surface area contributed by atoms with E-state index in [4.69, 9.17) is 4.99 Å². The summed E-state index contributed by atoms with van der Waals surface area (Å²) in [5.74, 6) is 0. The third kappa shape index (κ3) is 5.04. The molecule has 9 rings (SSSR count). The molecule has 0 N–H and O–H groups in total. The Bertz CT molecular complexity index is 2430. The molecule has 53 heavy (non-hydrogen) atoms. The average molecular weight is 685 g/mol. The van der Waals surface area contributed by atoms with Gasteiger partial charge in [0.1, 0.15) is 0 Å². The molecular weight excluding hydrogens is 641 g/mol. The van der Waals surface area contributed by atoms with Crippen molar-refractivity contribution in [3.05, 3.63) is 191 Å². The van der Waals surface area contributed by atoms with Crippen LogP contribution in [0.4, 0.5) is 22.7 Å². The maximum atomic E-state index is 5.28. The number of hydrogen-bond donors (Lipinski definition) is 0. The highest BCUT2D eigenvalue weighted by Gasteiger charge is 2.48. The summed E-state index contributed by atoms with van der Waals surface area (Å²) in [5, 5.41) is 0. The molecule has 0 unspecified atom stereocenters. The molecule has 0 fully saturated rings. The van der Waals surface area contributed by atoms with E-state index in [1.807, 2.05) is 0 Å². The Kier molecular flexibility index (Phi) is 7.64. The molecule has 7 aromatic carbocycles. The molecule has 0 bridgehead atoms. The monoisotopic (exact) mass is 684 g/mol. The molecule has 0 spiro atoms. The summed E-state index contributed by atoms with van der Waals surface area (Å²) >= 11 is 0. The molecule has 2 heteroatoms. The standard InChI is InChI=1S/C51H44N2/c1-33-30-31-36(32-43(33)52-34(2)35-20-10-7-11-21-35)44-45-39-26-16-18-28-41(39)50(3,4)47(45)49(48-46(44)40-27-17-19-29-42(40)51(48,5)6)53(37-22-12-8-13-23-37)38-24-14-9-15-25-38/h7-32H,1-6H3/b52-34+. The number of aliphatic imine (C=N–C) groups is 1. The minimum absolute atomic E-state index is 0.284. The predicted molar refractivity (Wildman–Crippen MR) is 225 cm³/mol. The summed E-state index contributed by atoms with van der Waals surface area (Å²) in [6, 6.07) is 57.5. The highest BCUT2D eigenvalue weighted by Crippen LogP contribution is 2.66. The molecule has 0 heterocycles. The normalized spacial score (nSPS) is 14.6. The Morgan fingerprint density at radius 3 is 1.47 bits per heavy atom. The maximum Gasteiger partial charge on any atom is 0.0668 e. The molecule has 2 nitrogen and oxygen atoms in total. The number of nitrogens with zero attached hydrogens (tertiary/aromatic N) is 2. The minimum Gasteiger partial charge on any atom is -0.310 e. The summed E-state index contributed by atoms with van der Waals surface area (Å²) in [7, 11) is 0. The first-order chi connectivity index (χ1) is 25.7. The summed E-state index contributed by atoms with van der Waals surface area (Å²) in [4.78, 5) is 7.82. The zero-order valence-electron chi connectivity index (χ0n) is 31.4. The second-order valence-corrected chi connectivity index (χ2v) is 15.6. The van der Waals surface area contributed by atoms with E-state index in [-0.39, 0.29) is 10.8 Å². The average Bonchev–Trinajstić information content (AvgIpc) is 3.57. The van der Waals surface area contributed by atoms with Gasteiger partial charge in [-0.05, 0) is 111 Å². The van der Waals surface area contributed by atoms with Gasteiger partial charge in [-0.3, -0.25) is 4.99 Å². The zero-order valence-corrected chi connectivity index (χ0v) is 31.4. The Morgan fingerprint density at radius 2 is 0.962 bits per heavy atom. The number of para-hydroxylation sites is 2. The van der Waals surface area contributed by atoms with Gasteiger partial charge < -0.3 is 4.90 Å². The lowest BCUT2D eigenvalue weighted by Crippen LogP contribution is -2.26. The smallest absolute Gasteiger partial charge is 0.0668 e. The quantitative estimate of drug-likeness (QED) is 0.159. The molecule has 0 saturated heterocycles. The number of anilines is 3. The van der Waals surface area contributed by atoms with E-state index >= 15 is 0 Å². The fourth-order valence-corrected chi connectivity index (χ4v) is 9.14. The molecule has 0 radical (unpaired) electrons. The van der Waals surface area contributed by atoms with Crippen LogP contribution in [0.3, 0.4) is 0 Å². The fourth-order valence-electron chi connectivity index (χ4n) is 9.14. The van der Waals surface area contributed by atoms with Crippen molar-refractivity contribution >= 4 is 28.5 Å². The van der Waals surface area contributed by atoms with E-state index in [1.54, 1.807) is 0 Å². The van der Waals surface area contributed by atoms with Crippen molar-refractivity contribution in [1.82, 2.24) is 0 Å². The number of rotatable bonds is 6. The summed E-state index contributed by atoms with van der Waals surface area (Å²) in [6.45, 7) is 14.0. The van der Waals surface area contributed by atoms with Crippen molar-refractivity contribution in [1.29, 1.82) is 0 Å². The molecule has 2 aliphatic carbocycles. The van der Waals surface area contributed by atoms with E-state index in [1.165, 1.54) is 61.3 Å². The molecule has 7 aromatic rings. The molecule has 0 aliphatic heterocycles. The van der Waals surface area contributed by atoms with Gasteiger partial charge in [0.05, 0.1) is 11.4 Å². The maximum absolute atomic E-state index is 5.28. The van der Waals surface area contributed by atoms with Gasteiger partial charge in [-0.2, -0.15) is 0 Å². The van der Waals surface area contributed by atoms with Crippen LogP contribution < -0.4 is 4.90 Å². The topological polar surface area (TPSA) is 15.6 Å². The number of hydrogen-bond acceptors (Lipinski definition) is 2. The Hall–Kier alpha value is -5.99. The Labute approximate surface area is 314 Å². The number of benzene rings is 7. The van der Waals surface area contributed by atoms with E-state index in [2.05, 4.69) is 204 Å². The van der Waals surface area contributed by atoms with E-state index in [0.29, 0.717) is 0 Å². The number of fused-ring (bicyclic) bond motifs is 6. The lowest BCUT2D eigenvalue weighted by Gasteiger charge is -2.38. The predicted octanol–water partition coefficient (Wildman–Crippen LogP) is 13.9. The first-order valence-corrected chi connectivity index (χ1v) is 18.7. The van der Waals surface area contributed by atoms with Crippen LogP contribution in [-0.4, -0.2) is 5.71 Å². The molecule has 0 amide bonds. The fraction of sp³-hybridized carbons (Fsp3) is 0.157. The minimum atomic E-state index is -0.284. The SMILES string of the molecule is C/C(=N\c1cc(-c2c3c(c(N(c4ccccc4)c4ccccc4)c4c2-c2ccccc2C4(C)C)C(C)(C)c2ccccc2-3)ccc1C)c1ccccc1. The Morgan fingerprint density at radius 1 is 0.509 bits per heavy atom. The second kappa shape index (κ2) is 12.3. The molecule has 0 saturated carbocycles. The van der Waals surface area contributed by atoms with Gasteiger partial charge in [-0.25, -0.2) is 0 Å². The van der Waals surface area contributed by atoms with Gasteiger partial charge in [0.25, 0.3) is 0 Å². The highest BCUT2D eigenvalue weighted by atomic mass is 15.2. The first kappa shape index (κ1) is 32.9. The van der Waals surface area contributed by atoms with Gasteiger partial charge in [-0.15, -0.1) is 0 Å². The van der Waals surface area contributed by atoms with Crippen LogP contribution in [0.5, 0.6) is 0 Å². The van der Waals surface area contributed by atoms with Gasteiger partial charge >= 0.3 is 0 Å². The van der Waals surface area contributed by atoms with Crippen molar-refractivity contribution in [2.24, 2.45) is 4.99 Å². The van der Waals surface area contributed by atoms with Crippen LogP contribution in [-0.2, 0) is 10.8 Å². The van der Waals surface area contributed by atoms with Crippen molar-refractivity contribution in [3.8, 4) is 33.4 Å². The lowest BCUT2D eigenvalue weighted by molar-refractivity contribution is 0.640. The van der Waals surface area contributed by atoms with Crippen LogP contribution in [0.15, 0.2) is 163 Å². The van der Waals surface area contributed by atoms with Crippen LogP contribution >= 0.6 is 0 Å². The van der Waals surface area contributed by atoms with E-state index in [9.17, 15) is 0 Å². The summed E-state index contributed by atoms with van der Waals surface area (Å²) in [5.41, 5.74) is 20.5. The van der Waals surface area contributed by atoms with Gasteiger partial charge in [0.15, 0.2) is 0 Å². The van der Waals surface area contributed by atoms with Gasteiger partial charge in [0.2, 0.25) is 0 Å². The third-order valence-corrected chi connectivity index (χ3v) is 11.7. The lowest BCUT2D eigenvalue weighted by atomic mass is 9.73. The molecule has 0 atom stereocenters. The van der Waals surface area contributed by atoms with Gasteiger partial charge in [0, 0.05) is 27.9 Å². The van der Waals surface area contributed by atoms with Crippen molar-refractivity contribution in [2.45, 2.75) is 52.4 Å². The zero-order chi connectivity index (χ0) is 36.5. The van der Waals surface area contributed by atoms with Crippen molar-refractivity contribution in [2.75, 3.05) is 4.90 Å². The number of aryl methyl sites for hydroxylation is 1. The van der Waals surface area contributed by atoms with E-state index < -0.39 is 0 Å². The van der Waals surface area contributed by atoms with Gasteiger partial charge in [-0.1, -0.05) is 155 Å². The van der Waals surface area contributed by atoms with Crippen molar-refractivity contribution < 1.29 is 0 Å². The van der Waals surface area contributed by atoms with E-state index in [0.717, 1.165) is 33.9 Å². The van der Waals surface area contributed by atoms with Crippen molar-refractivity contribution in [3.63, 3.8) is 0 Å². The Balaban J connectivity index is 1.46. The van der Waals surface area contributed by atoms with Crippen LogP contribution in [0.25, 0.3) is 33.4 Å². The molecule has 258 valence electrons. The summed E-state index contributed by atoms with van der Waals surface area (Å²) in [6.07, 6.45) is 0. The highest BCUT2D eigenvalue weighted by molar-refractivity contribution is 6.10. The largest absolute Gasteiger partial charge is 0.310 e. The first-order valence-electron chi connectivity index (χ1n) is 18.7. The molecule has 2 aliphatic rings. The summed E-state index contributed by atoms with van der Waals surface area (Å²) < 4.78 is 0. The second-order valence-electron chi connectivity index (χ2n) is 15.6. The molecular formula is C51H44N2. The molecule has 0 aromatic heterocycles. The van der Waals surface area contributed by atoms with Crippen LogP contribution in [0, 0.1) is 6.92 Å².